The van der Waals surface area contributed by atoms with Crippen LogP contribution in [0, 0.1) is 13.8 Å². The third kappa shape index (κ3) is 4.46. The number of piperazine rings is 1. The van der Waals surface area contributed by atoms with Crippen molar-refractivity contribution in [2.45, 2.75) is 87.8 Å². The molecule has 2 fully saturated rings. The summed E-state index contributed by atoms with van der Waals surface area (Å²) in [6, 6.07) is 4.60. The molecule has 288 valence electrons. The number of aromatic nitrogens is 1. The average Bonchev–Trinajstić information content (AvgIpc) is 3.80. The number of aliphatic hydroxyl groups excluding tert-OH is 1. The summed E-state index contributed by atoms with van der Waals surface area (Å²) in [5.41, 5.74) is 4.85. The second kappa shape index (κ2) is 11.9. The SMILES string of the molecule is CC[C@H]1c2c3c(c(C)c(OC(C)=O)c2[C@]2(OC(=O)[C@]4(CS2)NCCc2c4[nH]c4ccc(O)cc24)C2[C@H]4N[C@H](Cc5cc(C)c(OC)c(O)c54)[C@H](O)N21)OCO3. The number of H-pyrrole nitrogens is 1. The van der Waals surface area contributed by atoms with Gasteiger partial charge in [-0.05, 0) is 68.0 Å². The Morgan fingerprint density at radius 3 is 2.67 bits per heavy atom. The molecule has 6 aliphatic rings. The predicted molar refractivity (Wildman–Crippen MR) is 200 cm³/mol. The van der Waals surface area contributed by atoms with E-state index in [-0.39, 0.29) is 29.8 Å². The summed E-state index contributed by atoms with van der Waals surface area (Å²) in [6.07, 6.45) is 0.478. The zero-order chi connectivity index (χ0) is 38.3. The van der Waals surface area contributed by atoms with Crippen LogP contribution in [0.4, 0.5) is 0 Å². The van der Waals surface area contributed by atoms with Crippen LogP contribution < -0.4 is 29.6 Å². The van der Waals surface area contributed by atoms with E-state index in [1.54, 1.807) is 25.1 Å². The maximum atomic E-state index is 15.3. The highest BCUT2D eigenvalue weighted by Gasteiger charge is 2.69. The summed E-state index contributed by atoms with van der Waals surface area (Å²) in [7, 11) is 1.52. The van der Waals surface area contributed by atoms with Crippen molar-refractivity contribution >= 4 is 34.6 Å². The zero-order valence-electron chi connectivity index (χ0n) is 31.0. The third-order valence-electron chi connectivity index (χ3n) is 12.5. The quantitative estimate of drug-likeness (QED) is 0.130. The van der Waals surface area contributed by atoms with E-state index in [0.29, 0.717) is 71.0 Å². The molecule has 10 rings (SSSR count). The van der Waals surface area contributed by atoms with Gasteiger partial charge in [-0.15, -0.1) is 11.8 Å². The molecule has 4 aromatic rings. The van der Waals surface area contributed by atoms with Crippen LogP contribution in [0.15, 0.2) is 24.3 Å². The number of phenols is 2. The fourth-order valence-corrected chi connectivity index (χ4v) is 12.1. The summed E-state index contributed by atoms with van der Waals surface area (Å²) in [5.74, 6) is 0.573. The van der Waals surface area contributed by atoms with Crippen LogP contribution in [0.3, 0.4) is 0 Å². The Morgan fingerprint density at radius 2 is 1.93 bits per heavy atom. The number of esters is 2. The van der Waals surface area contributed by atoms with Gasteiger partial charge >= 0.3 is 11.9 Å². The molecule has 1 aromatic heterocycles. The number of nitrogens with zero attached hydrogens (tertiary/aromatic N) is 1. The van der Waals surface area contributed by atoms with Gasteiger partial charge in [0.2, 0.25) is 11.7 Å². The van der Waals surface area contributed by atoms with Crippen molar-refractivity contribution in [1.82, 2.24) is 20.5 Å². The first-order valence-electron chi connectivity index (χ1n) is 18.7. The van der Waals surface area contributed by atoms with Gasteiger partial charge < -0.3 is 49.3 Å². The molecule has 15 heteroatoms. The molecule has 2 saturated heterocycles. The zero-order valence-corrected chi connectivity index (χ0v) is 31.8. The van der Waals surface area contributed by atoms with E-state index >= 15 is 4.79 Å². The second-order valence-electron chi connectivity index (χ2n) is 15.4. The molecule has 0 amide bonds. The number of thioether (sulfide) groups is 1. The van der Waals surface area contributed by atoms with E-state index in [1.165, 1.54) is 25.8 Å². The van der Waals surface area contributed by atoms with Crippen molar-refractivity contribution in [3.63, 3.8) is 0 Å². The van der Waals surface area contributed by atoms with E-state index in [1.807, 2.05) is 24.8 Å². The molecule has 3 aromatic carbocycles. The molecule has 6 N–H and O–H groups in total. The number of fused-ring (bicyclic) bond motifs is 15. The molecular weight excluding hydrogens is 729 g/mol. The summed E-state index contributed by atoms with van der Waals surface area (Å²) < 4.78 is 31.2. The second-order valence-corrected chi connectivity index (χ2v) is 16.6. The Hall–Kier alpha value is -4.67. The van der Waals surface area contributed by atoms with E-state index in [0.717, 1.165) is 27.6 Å². The number of carbonyl (C=O) groups is 2. The molecular formula is C40H42N4O10S. The lowest BCUT2D eigenvalue weighted by molar-refractivity contribution is -0.197. The van der Waals surface area contributed by atoms with Crippen molar-refractivity contribution in [3.8, 4) is 34.5 Å². The first-order chi connectivity index (χ1) is 26.4. The summed E-state index contributed by atoms with van der Waals surface area (Å²) in [5, 5.41) is 42.9. The number of nitrogens with one attached hydrogen (secondary N) is 3. The van der Waals surface area contributed by atoms with Crippen molar-refractivity contribution in [2.75, 3.05) is 26.2 Å². The number of aryl methyl sites for hydroxylation is 1. The summed E-state index contributed by atoms with van der Waals surface area (Å²) >= 11 is 1.38. The Labute approximate surface area is 320 Å². The fraction of sp³-hybridized carbons (Fsp3) is 0.450. The number of phenolic OH excluding ortho intramolecular Hbond substituents is 2. The molecule has 0 saturated carbocycles. The van der Waals surface area contributed by atoms with Gasteiger partial charge in [0.15, 0.2) is 28.5 Å². The fourth-order valence-electron chi connectivity index (χ4n) is 10.4. The number of hydrogen-bond acceptors (Lipinski definition) is 14. The number of benzene rings is 3. The minimum Gasteiger partial charge on any atom is -0.508 e. The molecule has 0 radical (unpaired) electrons. The molecule has 1 unspecified atom stereocenters. The summed E-state index contributed by atoms with van der Waals surface area (Å²) in [6.45, 7) is 7.41. The van der Waals surface area contributed by atoms with Gasteiger partial charge in [-0.25, -0.2) is 4.79 Å². The van der Waals surface area contributed by atoms with Crippen LogP contribution >= 0.6 is 11.8 Å². The molecule has 55 heavy (non-hydrogen) atoms. The van der Waals surface area contributed by atoms with Gasteiger partial charge in [0.1, 0.15) is 17.7 Å². The van der Waals surface area contributed by atoms with Gasteiger partial charge in [-0.1, -0.05) is 13.0 Å². The van der Waals surface area contributed by atoms with Gasteiger partial charge in [0, 0.05) is 52.9 Å². The van der Waals surface area contributed by atoms with Crippen molar-refractivity contribution < 1.29 is 48.6 Å². The predicted octanol–water partition coefficient (Wildman–Crippen LogP) is 4.07. The number of rotatable bonds is 3. The van der Waals surface area contributed by atoms with Gasteiger partial charge in [-0.2, -0.15) is 0 Å². The monoisotopic (exact) mass is 770 g/mol. The van der Waals surface area contributed by atoms with Crippen LogP contribution in [-0.4, -0.2) is 81.7 Å². The third-order valence-corrected chi connectivity index (χ3v) is 14.1. The standard InChI is InChI=1S/C40H42N4O10S/c1-6-25-27-28(32(53-18(4)45)17(3)33-34(27)52-15-51-33)40(36-29-26-19(11-16(2)31(50-5)30(26)47)12-24(42-29)37(48)44(25)36)54-38(49)39(14-55-40)35-21(9-10-41-39)22-13-20(46)7-8-23(22)43-35/h7-8,11,13,24-25,29,36-37,41-43,46-48H,6,9-10,12,14-15H2,1-5H3/t24-,25+,29+,36?,37+,39-,40-/m1/s1. The highest BCUT2D eigenvalue weighted by molar-refractivity contribution is 8.00. The number of hydrogen-bond donors (Lipinski definition) is 6. The van der Waals surface area contributed by atoms with Crippen LogP contribution in [0.5, 0.6) is 34.5 Å². The Morgan fingerprint density at radius 1 is 1.13 bits per heavy atom. The number of methoxy groups -OCH3 is 1. The smallest absolute Gasteiger partial charge is 0.335 e. The minimum atomic E-state index is -1.65. The number of ether oxygens (including phenoxy) is 5. The van der Waals surface area contributed by atoms with Gasteiger partial charge in [0.05, 0.1) is 36.5 Å². The normalized spacial score (nSPS) is 30.1. The Kier molecular flexibility index (Phi) is 7.54. The lowest BCUT2D eigenvalue weighted by Crippen LogP contribution is -2.74. The number of aromatic hydroxyl groups is 2. The van der Waals surface area contributed by atoms with E-state index in [2.05, 4.69) is 15.6 Å². The Bertz CT molecular complexity index is 2360. The molecule has 0 aliphatic carbocycles. The topological polar surface area (TPSA) is 184 Å². The first-order valence-corrected chi connectivity index (χ1v) is 19.6. The largest absolute Gasteiger partial charge is 0.508 e. The molecule has 2 bridgehead atoms. The number of aliphatic hydroxyl groups is 1. The van der Waals surface area contributed by atoms with Crippen LogP contribution in [0.25, 0.3) is 10.9 Å². The highest BCUT2D eigenvalue weighted by Crippen LogP contribution is 2.67. The molecule has 14 nitrogen and oxygen atoms in total. The lowest BCUT2D eigenvalue weighted by Gasteiger charge is -2.63. The van der Waals surface area contributed by atoms with E-state index < -0.39 is 52.8 Å². The van der Waals surface area contributed by atoms with E-state index in [9.17, 15) is 20.1 Å². The summed E-state index contributed by atoms with van der Waals surface area (Å²) in [4.78, 5) is 32.2. The first kappa shape index (κ1) is 34.8. The minimum absolute atomic E-state index is 0.0237. The number of aromatic amines is 1. The van der Waals surface area contributed by atoms with Crippen LogP contribution in [0.2, 0.25) is 0 Å². The lowest BCUT2D eigenvalue weighted by atomic mass is 9.72. The maximum absolute atomic E-state index is 15.3. The van der Waals surface area contributed by atoms with Crippen molar-refractivity contribution in [2.24, 2.45) is 0 Å². The maximum Gasteiger partial charge on any atom is 0.335 e. The molecule has 6 aliphatic heterocycles. The van der Waals surface area contributed by atoms with E-state index in [4.69, 9.17) is 23.7 Å². The average molecular weight is 771 g/mol. The Balaban J connectivity index is 1.25. The molecule has 7 heterocycles. The van der Waals surface area contributed by atoms with Crippen molar-refractivity contribution in [1.29, 1.82) is 0 Å². The van der Waals surface area contributed by atoms with Crippen molar-refractivity contribution in [3.05, 3.63) is 68.9 Å². The van der Waals surface area contributed by atoms with Gasteiger partial charge in [-0.3, -0.25) is 15.0 Å². The van der Waals surface area contributed by atoms with Gasteiger partial charge in [0.25, 0.3) is 0 Å². The van der Waals surface area contributed by atoms with Crippen LogP contribution in [-0.2, 0) is 37.6 Å². The molecule has 2 spiro atoms. The van der Waals surface area contributed by atoms with Crippen LogP contribution in [0.1, 0.15) is 77.0 Å². The number of carbonyl (C=O) groups excluding carboxylic acids is 2. The highest BCUT2D eigenvalue weighted by atomic mass is 32.2. The molecule has 7 atom stereocenters.